The van der Waals surface area contributed by atoms with Gasteiger partial charge >= 0.3 is 5.97 Å². The van der Waals surface area contributed by atoms with E-state index >= 15 is 0 Å². The molecule has 0 saturated carbocycles. The molecule has 168 valence electrons. The van der Waals surface area contributed by atoms with Crippen molar-refractivity contribution in [2.45, 2.75) is 43.9 Å². The Morgan fingerprint density at radius 1 is 1.12 bits per heavy atom. The van der Waals surface area contributed by atoms with E-state index in [2.05, 4.69) is 5.32 Å². The Morgan fingerprint density at radius 2 is 1.81 bits per heavy atom. The molecule has 2 N–H and O–H groups in total. The first-order valence-electron chi connectivity index (χ1n) is 10.5. The van der Waals surface area contributed by atoms with E-state index in [4.69, 9.17) is 0 Å². The van der Waals surface area contributed by atoms with Gasteiger partial charge in [0, 0.05) is 12.1 Å². The monoisotopic (exact) mass is 454 g/mol. The van der Waals surface area contributed by atoms with Crippen LogP contribution >= 0.6 is 11.8 Å². The summed E-state index contributed by atoms with van der Waals surface area (Å²) in [5.41, 5.74) is 2.32. The number of rotatable bonds is 8. The van der Waals surface area contributed by atoms with Gasteiger partial charge in [-0.2, -0.15) is 0 Å². The number of carboxylic acid groups (broad SMARTS) is 1. The Bertz CT molecular complexity index is 995. The van der Waals surface area contributed by atoms with Gasteiger partial charge in [0.15, 0.2) is 5.12 Å². The molecular weight excluding hydrogens is 428 g/mol. The number of para-hydroxylation sites is 1. The Kier molecular flexibility index (Phi) is 8.05. The molecule has 0 spiro atoms. The van der Waals surface area contributed by atoms with E-state index < -0.39 is 35.6 Å². The summed E-state index contributed by atoms with van der Waals surface area (Å²) in [5.74, 6) is -2.00. The number of anilines is 1. The van der Waals surface area contributed by atoms with Crippen molar-refractivity contribution in [3.8, 4) is 0 Å². The SMILES string of the molecule is CCC(=O)S[C@@H](Cc1ccccc1)C(=O)N[C@H]1CCc2ccccc2N(CC(=O)O)C1=O. The Labute approximate surface area is 191 Å². The Balaban J connectivity index is 1.81. The molecule has 8 heteroatoms. The van der Waals surface area contributed by atoms with Crippen LogP contribution in [-0.2, 0) is 32.0 Å². The maximum Gasteiger partial charge on any atom is 0.323 e. The molecule has 0 unspecified atom stereocenters. The van der Waals surface area contributed by atoms with Gasteiger partial charge in [0.25, 0.3) is 0 Å². The molecule has 3 rings (SSSR count). The molecule has 1 heterocycles. The lowest BCUT2D eigenvalue weighted by molar-refractivity contribution is -0.137. The van der Waals surface area contributed by atoms with Gasteiger partial charge in [0.1, 0.15) is 12.6 Å². The summed E-state index contributed by atoms with van der Waals surface area (Å²) in [6.07, 6.45) is 1.52. The van der Waals surface area contributed by atoms with Crippen molar-refractivity contribution in [3.05, 3.63) is 65.7 Å². The summed E-state index contributed by atoms with van der Waals surface area (Å²) in [6, 6.07) is 15.7. The van der Waals surface area contributed by atoms with Crippen LogP contribution in [0.5, 0.6) is 0 Å². The Hall–Kier alpha value is -3.13. The second-order valence-electron chi connectivity index (χ2n) is 7.57. The molecule has 0 aliphatic carbocycles. The van der Waals surface area contributed by atoms with E-state index in [1.165, 1.54) is 4.90 Å². The smallest absolute Gasteiger partial charge is 0.323 e. The maximum atomic E-state index is 13.2. The number of aryl methyl sites for hydroxylation is 1. The van der Waals surface area contributed by atoms with Gasteiger partial charge in [0.2, 0.25) is 11.8 Å². The van der Waals surface area contributed by atoms with E-state index in [1.54, 1.807) is 19.1 Å². The topological polar surface area (TPSA) is 104 Å². The molecule has 2 amide bonds. The third kappa shape index (κ3) is 5.97. The largest absolute Gasteiger partial charge is 0.480 e. The van der Waals surface area contributed by atoms with Crippen molar-refractivity contribution >= 4 is 40.3 Å². The second kappa shape index (κ2) is 10.9. The molecule has 1 aliphatic rings. The summed E-state index contributed by atoms with van der Waals surface area (Å²) in [5, 5.41) is 11.3. The minimum absolute atomic E-state index is 0.104. The molecule has 7 nitrogen and oxygen atoms in total. The Morgan fingerprint density at radius 3 is 2.50 bits per heavy atom. The first-order chi connectivity index (χ1) is 15.4. The number of aliphatic carboxylic acids is 1. The number of carbonyl (C=O) groups is 4. The van der Waals surface area contributed by atoms with E-state index in [0.717, 1.165) is 22.9 Å². The lowest BCUT2D eigenvalue weighted by Gasteiger charge is -2.26. The lowest BCUT2D eigenvalue weighted by Crippen LogP contribution is -2.51. The van der Waals surface area contributed by atoms with Crippen LogP contribution in [0.1, 0.15) is 30.9 Å². The van der Waals surface area contributed by atoms with Gasteiger partial charge in [-0.1, -0.05) is 67.2 Å². The average molecular weight is 455 g/mol. The minimum atomic E-state index is -1.13. The van der Waals surface area contributed by atoms with Crippen molar-refractivity contribution in [2.24, 2.45) is 0 Å². The third-order valence-corrected chi connectivity index (χ3v) is 6.49. The van der Waals surface area contributed by atoms with Gasteiger partial charge in [0.05, 0.1) is 5.25 Å². The predicted molar refractivity (Wildman–Crippen MR) is 124 cm³/mol. The average Bonchev–Trinajstić information content (AvgIpc) is 2.91. The van der Waals surface area contributed by atoms with Gasteiger partial charge in [-0.15, -0.1) is 0 Å². The number of nitrogens with one attached hydrogen (secondary N) is 1. The van der Waals surface area contributed by atoms with Crippen molar-refractivity contribution in [1.82, 2.24) is 5.32 Å². The van der Waals surface area contributed by atoms with Crippen molar-refractivity contribution in [1.29, 1.82) is 0 Å². The van der Waals surface area contributed by atoms with Gasteiger partial charge < -0.3 is 10.4 Å². The van der Waals surface area contributed by atoms with Crippen LogP contribution in [0.2, 0.25) is 0 Å². The molecule has 0 saturated heterocycles. The first-order valence-corrected chi connectivity index (χ1v) is 11.4. The number of amides is 2. The molecular formula is C24H26N2O5S. The maximum absolute atomic E-state index is 13.2. The fourth-order valence-electron chi connectivity index (χ4n) is 3.67. The zero-order valence-electron chi connectivity index (χ0n) is 17.8. The number of nitrogens with zero attached hydrogens (tertiary/aromatic N) is 1. The normalized spacial score (nSPS) is 16.6. The number of thioether (sulfide) groups is 1. The van der Waals surface area contributed by atoms with Crippen LogP contribution in [0.3, 0.4) is 0 Å². The van der Waals surface area contributed by atoms with Crippen LogP contribution < -0.4 is 10.2 Å². The molecule has 0 fully saturated rings. The van der Waals surface area contributed by atoms with Crippen LogP contribution in [0, 0.1) is 0 Å². The standard InChI is InChI=1S/C24H26N2O5S/c1-2-22(29)32-20(14-16-8-4-3-5-9-16)23(30)25-18-13-12-17-10-6-7-11-19(17)26(24(18)31)15-21(27)28/h3-11,18,20H,2,12-15H2,1H3,(H,25,30)(H,27,28)/t18-,20-/m0/s1. The zero-order valence-corrected chi connectivity index (χ0v) is 18.6. The van der Waals surface area contributed by atoms with E-state index in [9.17, 15) is 24.3 Å². The summed E-state index contributed by atoms with van der Waals surface area (Å²) < 4.78 is 0. The number of benzene rings is 2. The molecule has 2 aromatic carbocycles. The number of fused-ring (bicyclic) bond motifs is 1. The summed E-state index contributed by atoms with van der Waals surface area (Å²) in [4.78, 5) is 51.1. The highest BCUT2D eigenvalue weighted by Crippen LogP contribution is 2.27. The zero-order chi connectivity index (χ0) is 23.1. The highest BCUT2D eigenvalue weighted by Gasteiger charge is 2.34. The number of hydrogen-bond donors (Lipinski definition) is 2. The van der Waals surface area contributed by atoms with Gasteiger partial charge in [-0.3, -0.25) is 24.1 Å². The molecule has 32 heavy (non-hydrogen) atoms. The lowest BCUT2D eigenvalue weighted by atomic mass is 10.1. The van der Waals surface area contributed by atoms with Crippen LogP contribution in [0.15, 0.2) is 54.6 Å². The molecule has 1 aliphatic heterocycles. The molecule has 2 atom stereocenters. The van der Waals surface area contributed by atoms with Gasteiger partial charge in [-0.05, 0) is 36.5 Å². The second-order valence-corrected chi connectivity index (χ2v) is 8.83. The number of carboxylic acids is 1. The van der Waals surface area contributed by atoms with Crippen LogP contribution in [-0.4, -0.2) is 45.8 Å². The van der Waals surface area contributed by atoms with E-state index in [0.29, 0.717) is 31.4 Å². The highest BCUT2D eigenvalue weighted by molar-refractivity contribution is 8.14. The minimum Gasteiger partial charge on any atom is -0.480 e. The highest BCUT2D eigenvalue weighted by atomic mass is 32.2. The fraction of sp³-hybridized carbons (Fsp3) is 0.333. The van der Waals surface area contributed by atoms with E-state index in [1.807, 2.05) is 42.5 Å². The number of carbonyl (C=O) groups excluding carboxylic acids is 3. The van der Waals surface area contributed by atoms with E-state index in [-0.39, 0.29) is 5.12 Å². The summed E-state index contributed by atoms with van der Waals surface area (Å²) in [7, 11) is 0. The van der Waals surface area contributed by atoms with Crippen LogP contribution in [0.4, 0.5) is 5.69 Å². The summed E-state index contributed by atoms with van der Waals surface area (Å²) >= 11 is 0.971. The fourth-order valence-corrected chi connectivity index (χ4v) is 4.61. The molecule has 0 radical (unpaired) electrons. The first kappa shape index (κ1) is 23.5. The molecule has 0 aromatic heterocycles. The molecule has 2 aromatic rings. The van der Waals surface area contributed by atoms with Crippen molar-refractivity contribution < 1.29 is 24.3 Å². The number of hydrogen-bond acceptors (Lipinski definition) is 5. The third-order valence-electron chi connectivity index (χ3n) is 5.28. The van der Waals surface area contributed by atoms with Crippen molar-refractivity contribution in [3.63, 3.8) is 0 Å². The van der Waals surface area contributed by atoms with Crippen molar-refractivity contribution in [2.75, 3.05) is 11.4 Å². The molecule has 0 bridgehead atoms. The summed E-state index contributed by atoms with van der Waals surface area (Å²) in [6.45, 7) is 1.25. The quantitative estimate of drug-likeness (QED) is 0.636. The van der Waals surface area contributed by atoms with Crippen LogP contribution in [0.25, 0.3) is 0 Å². The van der Waals surface area contributed by atoms with Gasteiger partial charge in [-0.25, -0.2) is 0 Å². The predicted octanol–water partition coefficient (Wildman–Crippen LogP) is 2.82.